The molecule has 1 atom stereocenters. The zero-order valence-electron chi connectivity index (χ0n) is 11.8. The minimum atomic E-state index is -3.26. The predicted molar refractivity (Wildman–Crippen MR) is 69.7 cm³/mol. The van der Waals surface area contributed by atoms with E-state index in [4.69, 9.17) is 10.2 Å². The van der Waals surface area contributed by atoms with Gasteiger partial charge >= 0.3 is 43.7 Å². The molecule has 0 aliphatic carbocycles. The SMILES string of the molecule is CS(=O)(=O)c1ccc(N[C@@H](CO)C(=O)O)cc1.[Ca+2].[H-].[H-]. The number of carboxylic acid groups (broad SMARTS) is 1. The van der Waals surface area contributed by atoms with Crippen molar-refractivity contribution in [3.63, 3.8) is 0 Å². The number of hydrogen-bond donors (Lipinski definition) is 3. The Morgan fingerprint density at radius 3 is 2.22 bits per heavy atom. The molecule has 0 aliphatic rings. The quantitative estimate of drug-likeness (QED) is 0.650. The fourth-order valence-corrected chi connectivity index (χ4v) is 1.82. The molecule has 0 radical (unpaired) electrons. The smallest absolute Gasteiger partial charge is 1.00 e. The number of carbonyl (C=O) groups is 1. The van der Waals surface area contributed by atoms with E-state index in [1.54, 1.807) is 0 Å². The number of sulfone groups is 1. The first kappa shape index (κ1) is 17.7. The van der Waals surface area contributed by atoms with Crippen LogP contribution in [0.3, 0.4) is 0 Å². The van der Waals surface area contributed by atoms with Crippen LogP contribution in [0.15, 0.2) is 29.2 Å². The molecule has 6 nitrogen and oxygen atoms in total. The molecule has 1 aromatic carbocycles. The summed E-state index contributed by atoms with van der Waals surface area (Å²) in [5.74, 6) is -1.18. The molecule has 0 unspecified atom stereocenters. The Kier molecular flexibility index (Phi) is 7.16. The van der Waals surface area contributed by atoms with Gasteiger partial charge in [-0.2, -0.15) is 0 Å². The van der Waals surface area contributed by atoms with Crippen molar-refractivity contribution in [2.75, 3.05) is 18.2 Å². The number of aliphatic hydroxyl groups excluding tert-OH is 1. The van der Waals surface area contributed by atoms with Crippen molar-refractivity contribution in [2.24, 2.45) is 0 Å². The molecule has 3 N–H and O–H groups in total. The first-order valence-electron chi connectivity index (χ1n) is 4.75. The molecule has 8 heteroatoms. The van der Waals surface area contributed by atoms with E-state index >= 15 is 0 Å². The van der Waals surface area contributed by atoms with Crippen LogP contribution in [0.25, 0.3) is 0 Å². The summed E-state index contributed by atoms with van der Waals surface area (Å²) in [5, 5.41) is 20.1. The molecule has 0 heterocycles. The summed E-state index contributed by atoms with van der Waals surface area (Å²) in [6, 6.07) is 4.52. The van der Waals surface area contributed by atoms with E-state index in [0.29, 0.717) is 5.69 Å². The Balaban J connectivity index is -0.000000963. The maximum atomic E-state index is 11.2. The first-order valence-corrected chi connectivity index (χ1v) is 6.64. The van der Waals surface area contributed by atoms with Crippen LogP contribution < -0.4 is 5.32 Å². The van der Waals surface area contributed by atoms with Crippen molar-refractivity contribution in [3.05, 3.63) is 24.3 Å². The number of rotatable bonds is 5. The van der Waals surface area contributed by atoms with Gasteiger partial charge in [0.2, 0.25) is 0 Å². The second-order valence-electron chi connectivity index (χ2n) is 3.51. The van der Waals surface area contributed by atoms with Crippen LogP contribution in [0.5, 0.6) is 0 Å². The van der Waals surface area contributed by atoms with Gasteiger partial charge in [0.05, 0.1) is 11.5 Å². The summed E-state index contributed by atoms with van der Waals surface area (Å²) in [6.07, 6.45) is 1.09. The van der Waals surface area contributed by atoms with Crippen molar-refractivity contribution >= 4 is 59.2 Å². The van der Waals surface area contributed by atoms with Gasteiger partial charge in [0.25, 0.3) is 0 Å². The molecule has 0 fully saturated rings. The normalized spacial score (nSPS) is 12.3. The summed E-state index contributed by atoms with van der Waals surface area (Å²) < 4.78 is 22.4. The van der Waals surface area contributed by atoms with Gasteiger partial charge in [-0.05, 0) is 24.3 Å². The molecule has 0 amide bonds. The average molecular weight is 301 g/mol. The van der Waals surface area contributed by atoms with Crippen LogP contribution in [-0.2, 0) is 14.6 Å². The molecule has 0 bridgehead atoms. The van der Waals surface area contributed by atoms with Crippen LogP contribution in [0, 0.1) is 0 Å². The van der Waals surface area contributed by atoms with Gasteiger partial charge in [0, 0.05) is 11.9 Å². The standard InChI is InChI=1S/C10H13NO5S.Ca.2H/c1-17(15,16)8-4-2-7(3-5-8)11-9(6-12)10(13)14;;;/h2-5,9,11-12H,6H2,1H3,(H,13,14);;;/q;+2;2*-1/t9-;;;/m0.../s1. The Bertz CT molecular complexity index is 509. The van der Waals surface area contributed by atoms with E-state index < -0.39 is 28.5 Å². The minimum Gasteiger partial charge on any atom is -1.00 e. The van der Waals surface area contributed by atoms with Gasteiger partial charge < -0.3 is 18.4 Å². The molecule has 18 heavy (non-hydrogen) atoms. The van der Waals surface area contributed by atoms with Crippen molar-refractivity contribution in [2.45, 2.75) is 10.9 Å². The average Bonchev–Trinajstić information content (AvgIpc) is 2.25. The molecule has 0 aliphatic heterocycles. The number of hydrogen-bond acceptors (Lipinski definition) is 5. The molecule has 0 aromatic heterocycles. The van der Waals surface area contributed by atoms with Gasteiger partial charge in [-0.3, -0.25) is 0 Å². The second-order valence-corrected chi connectivity index (χ2v) is 5.53. The van der Waals surface area contributed by atoms with E-state index in [-0.39, 0.29) is 45.5 Å². The molecule has 0 saturated heterocycles. The van der Waals surface area contributed by atoms with Crippen molar-refractivity contribution in [3.8, 4) is 0 Å². The Labute approximate surface area is 138 Å². The van der Waals surface area contributed by atoms with E-state index in [0.717, 1.165) is 6.26 Å². The van der Waals surface area contributed by atoms with E-state index in [2.05, 4.69) is 5.32 Å². The third kappa shape index (κ3) is 5.11. The third-order valence-corrected chi connectivity index (χ3v) is 3.23. The van der Waals surface area contributed by atoms with Crippen LogP contribution in [0.2, 0.25) is 0 Å². The number of carboxylic acids is 1. The Morgan fingerprint density at radius 1 is 1.39 bits per heavy atom. The van der Waals surface area contributed by atoms with Gasteiger partial charge in [-0.25, -0.2) is 13.2 Å². The zero-order valence-corrected chi connectivity index (χ0v) is 12.9. The molecular formula is C10H15CaNO5S. The topological polar surface area (TPSA) is 104 Å². The summed E-state index contributed by atoms with van der Waals surface area (Å²) >= 11 is 0. The monoisotopic (exact) mass is 301 g/mol. The number of aliphatic carboxylic acids is 1. The largest absolute Gasteiger partial charge is 2.00 e. The number of benzene rings is 1. The summed E-state index contributed by atoms with van der Waals surface area (Å²) in [5.41, 5.74) is 0.429. The van der Waals surface area contributed by atoms with E-state index in [1.807, 2.05) is 0 Å². The van der Waals surface area contributed by atoms with Crippen molar-refractivity contribution in [1.82, 2.24) is 0 Å². The number of anilines is 1. The molecule has 98 valence electrons. The number of nitrogens with one attached hydrogen (secondary N) is 1. The summed E-state index contributed by atoms with van der Waals surface area (Å²) in [6.45, 7) is -0.552. The van der Waals surface area contributed by atoms with Crippen LogP contribution in [0.4, 0.5) is 5.69 Å². The van der Waals surface area contributed by atoms with E-state index in [1.165, 1.54) is 24.3 Å². The van der Waals surface area contributed by atoms with Crippen molar-refractivity contribution in [1.29, 1.82) is 0 Å². The maximum absolute atomic E-state index is 11.2. The predicted octanol–water partition coefficient (Wildman–Crippen LogP) is -0.208. The maximum Gasteiger partial charge on any atom is 2.00 e. The molecule has 1 rings (SSSR count). The Hall–Kier alpha value is -0.340. The van der Waals surface area contributed by atoms with Crippen LogP contribution >= 0.6 is 0 Å². The number of aliphatic hydroxyl groups is 1. The fraction of sp³-hybridized carbons (Fsp3) is 0.300. The van der Waals surface area contributed by atoms with E-state index in [9.17, 15) is 13.2 Å². The summed E-state index contributed by atoms with van der Waals surface area (Å²) in [7, 11) is -3.26. The summed E-state index contributed by atoms with van der Waals surface area (Å²) in [4.78, 5) is 10.8. The van der Waals surface area contributed by atoms with Gasteiger partial charge in [-0.15, -0.1) is 0 Å². The van der Waals surface area contributed by atoms with Crippen LogP contribution in [-0.4, -0.2) is 81.2 Å². The van der Waals surface area contributed by atoms with Gasteiger partial charge in [0.15, 0.2) is 9.84 Å². The molecular weight excluding hydrogens is 286 g/mol. The van der Waals surface area contributed by atoms with Gasteiger partial charge in [0.1, 0.15) is 6.04 Å². The molecule has 1 aromatic rings. The van der Waals surface area contributed by atoms with Gasteiger partial charge in [-0.1, -0.05) is 0 Å². The molecule has 0 spiro atoms. The minimum absolute atomic E-state index is 0. The molecule has 0 saturated carbocycles. The first-order chi connectivity index (χ1) is 7.84. The Morgan fingerprint density at radius 2 is 1.89 bits per heavy atom. The van der Waals surface area contributed by atoms with Crippen LogP contribution in [0.1, 0.15) is 2.85 Å². The third-order valence-electron chi connectivity index (χ3n) is 2.10. The van der Waals surface area contributed by atoms with Crippen molar-refractivity contribution < 1.29 is 26.3 Å². The zero-order chi connectivity index (χ0) is 13.1. The fourth-order valence-electron chi connectivity index (χ4n) is 1.19. The second kappa shape index (κ2) is 7.30.